The number of halogens is 2. The summed E-state index contributed by atoms with van der Waals surface area (Å²) in [5.41, 5.74) is 6.67. The van der Waals surface area contributed by atoms with Gasteiger partial charge in [0.05, 0.1) is 7.11 Å². The summed E-state index contributed by atoms with van der Waals surface area (Å²) in [4.78, 5) is 4.05. The molecule has 2 aromatic heterocycles. The first-order valence-corrected chi connectivity index (χ1v) is 6.59. The van der Waals surface area contributed by atoms with Crippen molar-refractivity contribution in [2.24, 2.45) is 0 Å². The molecule has 0 fully saturated rings. The summed E-state index contributed by atoms with van der Waals surface area (Å²) in [6.07, 6.45) is 0. The lowest BCUT2D eigenvalue weighted by atomic mass is 10.1. The lowest BCUT2D eigenvalue weighted by molar-refractivity contribution is 0.415. The van der Waals surface area contributed by atoms with Crippen LogP contribution >= 0.6 is 12.3 Å². The van der Waals surface area contributed by atoms with Gasteiger partial charge in [0.15, 0.2) is 18.0 Å². The maximum absolute atomic E-state index is 13.5. The Bertz CT molecular complexity index is 821. The molecule has 5 nitrogen and oxygen atoms in total. The third-order valence-electron chi connectivity index (χ3n) is 3.01. The topological polar surface area (TPSA) is 66.0 Å². The molecule has 0 saturated heterocycles. The number of aromatic nitrogens is 3. The Morgan fingerprint density at radius 2 is 2.10 bits per heavy atom. The van der Waals surface area contributed by atoms with Crippen molar-refractivity contribution in [1.29, 1.82) is 0 Å². The molecule has 108 valence electrons. The Kier molecular flexibility index (Phi) is 3.38. The molecular weight excluding hydrogens is 298 g/mol. The van der Waals surface area contributed by atoms with Crippen molar-refractivity contribution >= 4 is 29.2 Å². The van der Waals surface area contributed by atoms with E-state index in [2.05, 4.69) is 10.1 Å². The Morgan fingerprint density at radius 1 is 1.29 bits per heavy atom. The van der Waals surface area contributed by atoms with Crippen LogP contribution in [0, 0.1) is 5.82 Å². The fraction of sp³-hybridized carbons (Fsp3) is 0.0769. The molecule has 0 aliphatic carbocycles. The number of ether oxygens (including phenoxy) is 1. The number of hydrogen-bond donors (Lipinski definition) is 1. The third kappa shape index (κ3) is 2.27. The summed E-state index contributed by atoms with van der Waals surface area (Å²) >= 11 is -0.107. The van der Waals surface area contributed by atoms with Gasteiger partial charge in [0.1, 0.15) is 23.1 Å². The highest BCUT2D eigenvalue weighted by Crippen LogP contribution is 2.35. The Balaban J connectivity index is 2.33. The van der Waals surface area contributed by atoms with E-state index in [0.717, 1.165) is 4.09 Å². The lowest BCUT2D eigenvalue weighted by Crippen LogP contribution is -1.92. The molecule has 1 aromatic carbocycles. The number of nitrogens with zero attached hydrogens (tertiary/aromatic N) is 3. The minimum atomic E-state index is -0.440. The predicted molar refractivity (Wildman–Crippen MR) is 78.0 cm³/mol. The average molecular weight is 308 g/mol. The van der Waals surface area contributed by atoms with E-state index >= 15 is 0 Å². The van der Waals surface area contributed by atoms with Crippen LogP contribution in [0.25, 0.3) is 22.3 Å². The molecule has 3 aromatic rings. The molecule has 0 bridgehead atoms. The summed E-state index contributed by atoms with van der Waals surface area (Å²) < 4.78 is 32.7. The van der Waals surface area contributed by atoms with Gasteiger partial charge in [-0.3, -0.25) is 0 Å². The highest BCUT2D eigenvalue weighted by Gasteiger charge is 2.18. The molecule has 0 atom stereocenters. The van der Waals surface area contributed by atoms with Crippen LogP contribution in [-0.2, 0) is 0 Å². The number of rotatable bonds is 3. The van der Waals surface area contributed by atoms with E-state index in [-0.39, 0.29) is 23.8 Å². The minimum Gasteiger partial charge on any atom is -0.496 e. The van der Waals surface area contributed by atoms with Crippen LogP contribution in [-0.4, -0.2) is 21.3 Å². The van der Waals surface area contributed by atoms with Gasteiger partial charge in [-0.05, 0) is 30.3 Å². The van der Waals surface area contributed by atoms with Crippen LogP contribution in [0.3, 0.4) is 0 Å². The number of anilines is 1. The van der Waals surface area contributed by atoms with E-state index in [0.29, 0.717) is 22.4 Å². The molecule has 0 aliphatic rings. The van der Waals surface area contributed by atoms with Gasteiger partial charge in [0.2, 0.25) is 0 Å². The monoisotopic (exact) mass is 308 g/mol. The zero-order valence-electron chi connectivity index (χ0n) is 10.9. The van der Waals surface area contributed by atoms with Crippen molar-refractivity contribution in [3.05, 3.63) is 36.1 Å². The number of benzene rings is 1. The third-order valence-corrected chi connectivity index (χ3v) is 3.39. The Labute approximate surface area is 123 Å². The van der Waals surface area contributed by atoms with Gasteiger partial charge in [-0.2, -0.15) is 9.19 Å². The van der Waals surface area contributed by atoms with Gasteiger partial charge in [-0.1, -0.05) is 0 Å². The maximum atomic E-state index is 13.5. The number of fused-ring (bicyclic) bond motifs is 1. The second-order valence-corrected chi connectivity index (χ2v) is 4.73. The molecule has 0 saturated carbocycles. The van der Waals surface area contributed by atoms with Gasteiger partial charge < -0.3 is 10.5 Å². The molecule has 0 unspecified atom stereocenters. The molecule has 0 radical (unpaired) electrons. The quantitative estimate of drug-likeness (QED) is 0.805. The first-order chi connectivity index (χ1) is 10.1. The molecule has 2 N–H and O–H groups in total. The fourth-order valence-corrected chi connectivity index (χ4v) is 2.42. The molecule has 3 rings (SSSR count). The molecular formula is C13H10F2N4OS. The molecule has 21 heavy (non-hydrogen) atoms. The Hall–Kier alpha value is -2.35. The predicted octanol–water partition coefficient (Wildman–Crippen LogP) is 3.21. The zero-order chi connectivity index (χ0) is 15.0. The van der Waals surface area contributed by atoms with Crippen LogP contribution in [0.5, 0.6) is 5.75 Å². The molecule has 8 heteroatoms. The summed E-state index contributed by atoms with van der Waals surface area (Å²) in [7, 11) is 1.47. The van der Waals surface area contributed by atoms with Crippen LogP contribution in [0.15, 0.2) is 30.3 Å². The summed E-state index contributed by atoms with van der Waals surface area (Å²) in [5.74, 6) is 0.240. The first kappa shape index (κ1) is 13.6. The van der Waals surface area contributed by atoms with E-state index < -0.39 is 5.82 Å². The fourth-order valence-electron chi connectivity index (χ4n) is 2.10. The van der Waals surface area contributed by atoms with Crippen LogP contribution in [0.4, 0.5) is 14.1 Å². The van der Waals surface area contributed by atoms with Crippen molar-refractivity contribution in [3.63, 3.8) is 0 Å². The highest BCUT2D eigenvalue weighted by atomic mass is 32.2. The lowest BCUT2D eigenvalue weighted by Gasteiger charge is -2.06. The van der Waals surface area contributed by atoms with Crippen LogP contribution in [0.1, 0.15) is 0 Å². The first-order valence-electron chi connectivity index (χ1n) is 5.92. The number of methoxy groups -OCH3 is 1. The van der Waals surface area contributed by atoms with E-state index in [1.165, 1.54) is 25.3 Å². The highest BCUT2D eigenvalue weighted by molar-refractivity contribution is 7.92. The van der Waals surface area contributed by atoms with Crippen molar-refractivity contribution < 1.29 is 13.0 Å². The van der Waals surface area contributed by atoms with E-state index in [9.17, 15) is 8.28 Å². The molecule has 0 aliphatic heterocycles. The summed E-state index contributed by atoms with van der Waals surface area (Å²) in [6.45, 7) is 0. The van der Waals surface area contributed by atoms with Crippen LogP contribution in [0.2, 0.25) is 0 Å². The number of hydrogen-bond acceptors (Lipinski definition) is 5. The molecule has 0 spiro atoms. The number of nitrogens with two attached hydrogens (primary N) is 1. The van der Waals surface area contributed by atoms with Gasteiger partial charge in [0, 0.05) is 10.9 Å². The van der Waals surface area contributed by atoms with Gasteiger partial charge >= 0.3 is 0 Å². The second kappa shape index (κ2) is 5.21. The van der Waals surface area contributed by atoms with Gasteiger partial charge in [0.25, 0.3) is 0 Å². The second-order valence-electron chi connectivity index (χ2n) is 4.24. The average Bonchev–Trinajstić information content (AvgIpc) is 2.84. The molecule has 0 amide bonds. The van der Waals surface area contributed by atoms with Gasteiger partial charge in [-0.15, -0.1) is 3.89 Å². The molecule has 2 heterocycles. The maximum Gasteiger partial charge on any atom is 0.189 e. The number of pyridine rings is 1. The van der Waals surface area contributed by atoms with E-state index in [4.69, 9.17) is 10.5 Å². The summed E-state index contributed by atoms with van der Waals surface area (Å²) in [6, 6.07) is 7.29. The van der Waals surface area contributed by atoms with Crippen molar-refractivity contribution in [1.82, 2.24) is 14.2 Å². The Morgan fingerprint density at radius 3 is 2.81 bits per heavy atom. The van der Waals surface area contributed by atoms with E-state index in [1.807, 2.05) is 0 Å². The normalized spacial score (nSPS) is 11.0. The van der Waals surface area contributed by atoms with Crippen molar-refractivity contribution in [3.8, 4) is 17.0 Å². The van der Waals surface area contributed by atoms with E-state index in [1.54, 1.807) is 12.1 Å². The van der Waals surface area contributed by atoms with Crippen LogP contribution < -0.4 is 10.5 Å². The van der Waals surface area contributed by atoms with Gasteiger partial charge in [-0.25, -0.2) is 9.37 Å². The standard InChI is InChI=1S/C13H10F2N4OS/c1-20-10-4-2-7(14)6-9(10)12-8-3-5-11(16)17-13(8)19(18-12)21-15/h2-6H,1H3,(H2,16,17). The van der Waals surface area contributed by atoms with Crippen molar-refractivity contribution in [2.75, 3.05) is 12.8 Å². The van der Waals surface area contributed by atoms with Crippen molar-refractivity contribution in [2.45, 2.75) is 0 Å². The summed E-state index contributed by atoms with van der Waals surface area (Å²) in [5, 5.41) is 4.66. The smallest absolute Gasteiger partial charge is 0.189 e. The zero-order valence-corrected chi connectivity index (χ0v) is 11.7. The SMILES string of the molecule is COc1ccc(F)cc1-c1nn(SF)c2nc(N)ccc12. The minimum absolute atomic E-state index is 0.107. The largest absolute Gasteiger partial charge is 0.496 e. The number of nitrogen functional groups attached to an aromatic ring is 1.